The van der Waals surface area contributed by atoms with Gasteiger partial charge in [-0.05, 0) is 26.0 Å². The summed E-state index contributed by atoms with van der Waals surface area (Å²) in [7, 11) is 0. The van der Waals surface area contributed by atoms with Crippen molar-refractivity contribution >= 4 is 11.7 Å². The standard InChI is InChI=1S/C12H14F2N2O2/c1-12(2)6-18-7-16(12)11(17)15-10-5-8(13)3-4-9(10)14/h3-5H,6-7H2,1-2H3,(H,15,17). The fourth-order valence-corrected chi connectivity index (χ4v) is 1.75. The Kier molecular flexibility index (Phi) is 3.21. The van der Waals surface area contributed by atoms with E-state index in [1.165, 1.54) is 4.90 Å². The molecule has 1 aromatic carbocycles. The number of hydrogen-bond acceptors (Lipinski definition) is 2. The summed E-state index contributed by atoms with van der Waals surface area (Å²) >= 11 is 0. The van der Waals surface area contributed by atoms with E-state index in [9.17, 15) is 13.6 Å². The second kappa shape index (κ2) is 4.53. The average Bonchev–Trinajstić information content (AvgIpc) is 2.63. The van der Waals surface area contributed by atoms with Crippen LogP contribution in [0.1, 0.15) is 13.8 Å². The van der Waals surface area contributed by atoms with Gasteiger partial charge in [-0.2, -0.15) is 0 Å². The Morgan fingerprint density at radius 2 is 2.17 bits per heavy atom. The molecule has 1 aliphatic heterocycles. The van der Waals surface area contributed by atoms with Crippen molar-refractivity contribution in [1.82, 2.24) is 4.90 Å². The van der Waals surface area contributed by atoms with Crippen LogP contribution in [0.4, 0.5) is 19.3 Å². The monoisotopic (exact) mass is 256 g/mol. The molecular formula is C12H14F2N2O2. The molecule has 0 atom stereocenters. The number of nitrogens with zero attached hydrogens (tertiary/aromatic N) is 1. The molecule has 2 rings (SSSR count). The highest BCUT2D eigenvalue weighted by Crippen LogP contribution is 2.23. The van der Waals surface area contributed by atoms with Crippen LogP contribution in [0.5, 0.6) is 0 Å². The van der Waals surface area contributed by atoms with Crippen LogP contribution < -0.4 is 5.32 Å². The van der Waals surface area contributed by atoms with Gasteiger partial charge in [0, 0.05) is 6.07 Å². The summed E-state index contributed by atoms with van der Waals surface area (Å²) in [4.78, 5) is 13.4. The van der Waals surface area contributed by atoms with Gasteiger partial charge < -0.3 is 10.1 Å². The molecule has 4 nitrogen and oxygen atoms in total. The molecule has 1 saturated heterocycles. The van der Waals surface area contributed by atoms with E-state index in [4.69, 9.17) is 4.74 Å². The lowest BCUT2D eigenvalue weighted by Crippen LogP contribution is -2.46. The first-order valence-corrected chi connectivity index (χ1v) is 5.51. The van der Waals surface area contributed by atoms with Gasteiger partial charge in [-0.3, -0.25) is 4.90 Å². The molecule has 6 heteroatoms. The second-order valence-electron chi connectivity index (χ2n) is 4.77. The zero-order valence-corrected chi connectivity index (χ0v) is 10.2. The van der Waals surface area contributed by atoms with Crippen molar-refractivity contribution in [3.63, 3.8) is 0 Å². The molecule has 0 unspecified atom stereocenters. The third-order valence-corrected chi connectivity index (χ3v) is 2.82. The summed E-state index contributed by atoms with van der Waals surface area (Å²) in [6.45, 7) is 4.21. The Bertz CT molecular complexity index is 477. The first kappa shape index (κ1) is 12.8. The number of hydrogen-bond donors (Lipinski definition) is 1. The minimum atomic E-state index is -0.678. The molecule has 2 amide bonds. The van der Waals surface area contributed by atoms with Crippen molar-refractivity contribution < 1.29 is 18.3 Å². The highest BCUT2D eigenvalue weighted by Gasteiger charge is 2.36. The van der Waals surface area contributed by atoms with Crippen molar-refractivity contribution in [2.75, 3.05) is 18.7 Å². The smallest absolute Gasteiger partial charge is 0.324 e. The number of urea groups is 1. The number of carbonyl (C=O) groups excluding carboxylic acids is 1. The summed E-state index contributed by atoms with van der Waals surface area (Å²) in [6, 6.07) is 2.39. The summed E-state index contributed by atoms with van der Waals surface area (Å²) < 4.78 is 31.5. The number of rotatable bonds is 1. The lowest BCUT2D eigenvalue weighted by molar-refractivity contribution is 0.147. The average molecular weight is 256 g/mol. The molecule has 1 aromatic rings. The SMILES string of the molecule is CC1(C)COCN1C(=O)Nc1cc(F)ccc1F. The van der Waals surface area contributed by atoms with Gasteiger partial charge in [0.1, 0.15) is 18.4 Å². The number of benzene rings is 1. The maximum Gasteiger partial charge on any atom is 0.324 e. The first-order valence-electron chi connectivity index (χ1n) is 5.51. The Hall–Kier alpha value is -1.69. The summed E-state index contributed by atoms with van der Waals surface area (Å²) in [5.74, 6) is -1.29. The molecule has 0 aliphatic carbocycles. The fourth-order valence-electron chi connectivity index (χ4n) is 1.75. The zero-order chi connectivity index (χ0) is 13.3. The lowest BCUT2D eigenvalue weighted by Gasteiger charge is -2.29. The largest absolute Gasteiger partial charge is 0.359 e. The zero-order valence-electron chi connectivity index (χ0n) is 10.2. The maximum atomic E-state index is 13.4. The van der Waals surface area contributed by atoms with Gasteiger partial charge in [-0.1, -0.05) is 0 Å². The van der Waals surface area contributed by atoms with Crippen LogP contribution in [0, 0.1) is 11.6 Å². The fraction of sp³-hybridized carbons (Fsp3) is 0.417. The Morgan fingerprint density at radius 3 is 2.78 bits per heavy atom. The first-order chi connectivity index (χ1) is 8.40. The molecule has 0 aromatic heterocycles. The maximum absolute atomic E-state index is 13.4. The molecule has 0 radical (unpaired) electrons. The van der Waals surface area contributed by atoms with Crippen LogP contribution in [0.25, 0.3) is 0 Å². The number of nitrogens with one attached hydrogen (secondary N) is 1. The number of halogens is 2. The van der Waals surface area contributed by atoms with E-state index >= 15 is 0 Å². The molecule has 1 heterocycles. The van der Waals surface area contributed by atoms with Crippen molar-refractivity contribution in [2.45, 2.75) is 19.4 Å². The van der Waals surface area contributed by atoms with Gasteiger partial charge in [0.25, 0.3) is 0 Å². The van der Waals surface area contributed by atoms with E-state index < -0.39 is 23.2 Å². The molecule has 0 spiro atoms. The van der Waals surface area contributed by atoms with E-state index in [0.717, 1.165) is 18.2 Å². The van der Waals surface area contributed by atoms with Crippen molar-refractivity contribution in [3.05, 3.63) is 29.8 Å². The number of amides is 2. The van der Waals surface area contributed by atoms with Crippen molar-refractivity contribution in [2.24, 2.45) is 0 Å². The Balaban J connectivity index is 2.14. The van der Waals surface area contributed by atoms with Crippen molar-refractivity contribution in [3.8, 4) is 0 Å². The summed E-state index contributed by atoms with van der Waals surface area (Å²) in [5.41, 5.74) is -0.642. The minimum Gasteiger partial charge on any atom is -0.359 e. The van der Waals surface area contributed by atoms with Gasteiger partial charge in [0.2, 0.25) is 0 Å². The topological polar surface area (TPSA) is 41.6 Å². The minimum absolute atomic E-state index is 0.135. The van der Waals surface area contributed by atoms with E-state index in [2.05, 4.69) is 5.32 Å². The number of carbonyl (C=O) groups is 1. The third kappa shape index (κ3) is 2.43. The predicted octanol–water partition coefficient (Wildman–Crippen LogP) is 2.57. The van der Waals surface area contributed by atoms with Crippen LogP contribution in [0.15, 0.2) is 18.2 Å². The molecular weight excluding hydrogens is 242 g/mol. The third-order valence-electron chi connectivity index (χ3n) is 2.82. The lowest BCUT2D eigenvalue weighted by atomic mass is 10.1. The molecule has 0 bridgehead atoms. The van der Waals surface area contributed by atoms with Crippen molar-refractivity contribution in [1.29, 1.82) is 0 Å². The Morgan fingerprint density at radius 1 is 1.44 bits per heavy atom. The van der Waals surface area contributed by atoms with Gasteiger partial charge >= 0.3 is 6.03 Å². The molecule has 1 aliphatic rings. The predicted molar refractivity (Wildman–Crippen MR) is 62.1 cm³/mol. The van der Waals surface area contributed by atoms with E-state index in [1.54, 1.807) is 0 Å². The molecule has 1 N–H and O–H groups in total. The Labute approximate surface area is 104 Å². The van der Waals surface area contributed by atoms with Gasteiger partial charge in [-0.25, -0.2) is 13.6 Å². The van der Waals surface area contributed by atoms with Crippen LogP contribution >= 0.6 is 0 Å². The molecule has 1 fully saturated rings. The normalized spacial score (nSPS) is 17.9. The summed E-state index contributed by atoms with van der Waals surface area (Å²) in [6.07, 6.45) is 0. The quantitative estimate of drug-likeness (QED) is 0.839. The van der Waals surface area contributed by atoms with Crippen LogP contribution in [0.2, 0.25) is 0 Å². The van der Waals surface area contributed by atoms with Crippen LogP contribution in [0.3, 0.4) is 0 Å². The number of anilines is 1. The highest BCUT2D eigenvalue weighted by molar-refractivity contribution is 5.90. The van der Waals surface area contributed by atoms with Gasteiger partial charge in [-0.15, -0.1) is 0 Å². The van der Waals surface area contributed by atoms with E-state index in [-0.39, 0.29) is 12.4 Å². The van der Waals surface area contributed by atoms with E-state index in [0.29, 0.717) is 6.61 Å². The van der Waals surface area contributed by atoms with E-state index in [1.807, 2.05) is 13.8 Å². The molecule has 18 heavy (non-hydrogen) atoms. The van der Waals surface area contributed by atoms with Crippen LogP contribution in [-0.2, 0) is 4.74 Å². The van der Waals surface area contributed by atoms with Gasteiger partial charge in [0.15, 0.2) is 0 Å². The second-order valence-corrected chi connectivity index (χ2v) is 4.77. The molecule has 0 saturated carbocycles. The summed E-state index contributed by atoms with van der Waals surface area (Å²) in [5, 5.41) is 2.34. The highest BCUT2D eigenvalue weighted by atomic mass is 19.1. The molecule has 98 valence electrons. The number of ether oxygens (including phenoxy) is 1. The van der Waals surface area contributed by atoms with Crippen LogP contribution in [-0.4, -0.2) is 29.8 Å². The van der Waals surface area contributed by atoms with Gasteiger partial charge in [0.05, 0.1) is 17.8 Å².